The van der Waals surface area contributed by atoms with Gasteiger partial charge < -0.3 is 10.6 Å². The van der Waals surface area contributed by atoms with Crippen molar-refractivity contribution in [2.75, 3.05) is 36.9 Å². The van der Waals surface area contributed by atoms with Gasteiger partial charge in [-0.2, -0.15) is 11.8 Å². The molecule has 0 aromatic heterocycles. The minimum absolute atomic E-state index is 0.209. The van der Waals surface area contributed by atoms with Crippen LogP contribution >= 0.6 is 23.5 Å². The second-order valence-corrected chi connectivity index (χ2v) is 6.57. The number of hydrogen-bond donors (Lipinski definition) is 1. The number of carbonyl (C=O) groups excluding carboxylic acids is 1. The molecule has 5 heteroatoms. The molecule has 0 spiro atoms. The van der Waals surface area contributed by atoms with Crippen molar-refractivity contribution in [2.45, 2.75) is 11.7 Å². The summed E-state index contributed by atoms with van der Waals surface area (Å²) in [5.74, 6) is 4.20. The summed E-state index contributed by atoms with van der Waals surface area (Å²) in [5.41, 5.74) is 5.63. The molecule has 0 saturated carbocycles. The van der Waals surface area contributed by atoms with Crippen molar-refractivity contribution in [2.24, 2.45) is 11.7 Å². The van der Waals surface area contributed by atoms with Crippen LogP contribution in [0.25, 0.3) is 0 Å². The van der Waals surface area contributed by atoms with Crippen LogP contribution in [-0.2, 0) is 4.79 Å². The van der Waals surface area contributed by atoms with Gasteiger partial charge in [-0.15, -0.1) is 11.8 Å². The van der Waals surface area contributed by atoms with Crippen LogP contribution in [0.15, 0.2) is 0 Å². The quantitative estimate of drug-likeness (QED) is 0.777. The lowest BCUT2D eigenvalue weighted by molar-refractivity contribution is -0.129. The van der Waals surface area contributed by atoms with Gasteiger partial charge in [-0.3, -0.25) is 4.79 Å². The fourth-order valence-corrected chi connectivity index (χ4v) is 4.69. The first-order valence-corrected chi connectivity index (χ1v) is 7.70. The lowest BCUT2D eigenvalue weighted by atomic mass is 10.1. The van der Waals surface area contributed by atoms with Crippen molar-refractivity contribution in [3.8, 4) is 0 Å². The molecule has 15 heavy (non-hydrogen) atoms. The Morgan fingerprint density at radius 2 is 2.33 bits per heavy atom. The van der Waals surface area contributed by atoms with E-state index in [1.165, 1.54) is 5.75 Å². The normalized spacial score (nSPS) is 31.9. The van der Waals surface area contributed by atoms with Crippen molar-refractivity contribution in [3.05, 3.63) is 0 Å². The monoisotopic (exact) mass is 246 g/mol. The van der Waals surface area contributed by atoms with Crippen LogP contribution < -0.4 is 5.73 Å². The first kappa shape index (κ1) is 11.6. The minimum Gasteiger partial charge on any atom is -0.341 e. The summed E-state index contributed by atoms with van der Waals surface area (Å²) in [4.78, 5) is 14.1. The van der Waals surface area contributed by atoms with E-state index in [0.717, 1.165) is 37.6 Å². The summed E-state index contributed by atoms with van der Waals surface area (Å²) >= 11 is 3.73. The molecule has 2 fully saturated rings. The van der Waals surface area contributed by atoms with Crippen LogP contribution in [-0.4, -0.2) is 52.9 Å². The summed E-state index contributed by atoms with van der Waals surface area (Å²) < 4.78 is 0. The van der Waals surface area contributed by atoms with Crippen LogP contribution in [0, 0.1) is 5.92 Å². The van der Waals surface area contributed by atoms with Gasteiger partial charge in [0.1, 0.15) is 0 Å². The van der Waals surface area contributed by atoms with Gasteiger partial charge >= 0.3 is 0 Å². The lowest BCUT2D eigenvalue weighted by Gasteiger charge is -2.25. The molecule has 0 bridgehead atoms. The average molecular weight is 246 g/mol. The number of hydrogen-bond acceptors (Lipinski definition) is 4. The predicted molar refractivity (Wildman–Crippen MR) is 67.3 cm³/mol. The van der Waals surface area contributed by atoms with Gasteiger partial charge in [-0.1, -0.05) is 0 Å². The van der Waals surface area contributed by atoms with E-state index in [4.69, 9.17) is 5.73 Å². The van der Waals surface area contributed by atoms with E-state index < -0.39 is 0 Å². The molecule has 0 aromatic carbocycles. The first-order valence-electron chi connectivity index (χ1n) is 5.49. The maximum atomic E-state index is 12.1. The fraction of sp³-hybridized carbons (Fsp3) is 0.900. The summed E-state index contributed by atoms with van der Waals surface area (Å²) in [6, 6.07) is 0. The molecule has 2 rings (SSSR count). The third-order valence-electron chi connectivity index (χ3n) is 3.02. The number of nitrogens with zero attached hydrogens (tertiary/aromatic N) is 1. The zero-order valence-electron chi connectivity index (χ0n) is 8.85. The summed E-state index contributed by atoms with van der Waals surface area (Å²) in [5, 5.41) is 0.209. The maximum absolute atomic E-state index is 12.1. The topological polar surface area (TPSA) is 46.3 Å². The molecule has 2 aliphatic heterocycles. The highest BCUT2D eigenvalue weighted by atomic mass is 32.2. The number of carbonyl (C=O) groups is 1. The fourth-order valence-electron chi connectivity index (χ4n) is 2.06. The van der Waals surface area contributed by atoms with E-state index in [1.54, 1.807) is 0 Å². The minimum atomic E-state index is 0.209. The molecule has 2 atom stereocenters. The van der Waals surface area contributed by atoms with Crippen LogP contribution in [0.2, 0.25) is 0 Å². The number of rotatable bonds is 2. The Kier molecular flexibility index (Phi) is 4.22. The smallest absolute Gasteiger partial charge is 0.236 e. The molecule has 0 radical (unpaired) electrons. The van der Waals surface area contributed by atoms with Gasteiger partial charge in [-0.25, -0.2) is 0 Å². The Bertz CT molecular complexity index is 231. The Morgan fingerprint density at radius 1 is 1.47 bits per heavy atom. The van der Waals surface area contributed by atoms with Crippen LogP contribution in [0.4, 0.5) is 0 Å². The van der Waals surface area contributed by atoms with E-state index in [2.05, 4.69) is 0 Å². The van der Waals surface area contributed by atoms with E-state index in [1.807, 2.05) is 28.4 Å². The Labute approximate surface area is 99.5 Å². The highest BCUT2D eigenvalue weighted by Gasteiger charge is 2.31. The van der Waals surface area contributed by atoms with Gasteiger partial charge in [-0.05, 0) is 18.9 Å². The van der Waals surface area contributed by atoms with Gasteiger partial charge in [0, 0.05) is 30.3 Å². The zero-order chi connectivity index (χ0) is 10.7. The molecular formula is C10H18N2OS2. The molecule has 2 unspecified atom stereocenters. The van der Waals surface area contributed by atoms with Crippen molar-refractivity contribution < 1.29 is 4.79 Å². The van der Waals surface area contributed by atoms with E-state index >= 15 is 0 Å². The summed E-state index contributed by atoms with van der Waals surface area (Å²) in [7, 11) is 0. The molecule has 1 amide bonds. The third-order valence-corrected chi connectivity index (χ3v) is 5.76. The van der Waals surface area contributed by atoms with Gasteiger partial charge in [0.25, 0.3) is 0 Å². The highest BCUT2D eigenvalue weighted by Crippen LogP contribution is 2.27. The number of nitrogens with two attached hydrogens (primary N) is 1. The lowest BCUT2D eigenvalue weighted by Crippen LogP contribution is -2.39. The highest BCUT2D eigenvalue weighted by molar-refractivity contribution is 8.07. The standard InChI is InChI=1S/C10H18N2OS2/c11-5-8-1-2-12(6-8)10(13)9-7-14-3-4-15-9/h8-9H,1-7,11H2. The third kappa shape index (κ3) is 2.82. The van der Waals surface area contributed by atoms with Gasteiger partial charge in [0.2, 0.25) is 5.91 Å². The SMILES string of the molecule is NCC1CCN(C(=O)C2CSCCS2)C1. The molecule has 2 heterocycles. The molecule has 2 saturated heterocycles. The van der Waals surface area contributed by atoms with E-state index in [-0.39, 0.29) is 5.25 Å². The summed E-state index contributed by atoms with van der Waals surface area (Å²) in [6.07, 6.45) is 1.09. The van der Waals surface area contributed by atoms with E-state index in [9.17, 15) is 4.79 Å². The molecule has 2 N–H and O–H groups in total. The Hall–Kier alpha value is 0.130. The Morgan fingerprint density at radius 3 is 2.93 bits per heavy atom. The molecule has 0 aliphatic carbocycles. The van der Waals surface area contributed by atoms with Crippen LogP contribution in [0.5, 0.6) is 0 Å². The number of likely N-dealkylation sites (tertiary alicyclic amines) is 1. The van der Waals surface area contributed by atoms with Crippen molar-refractivity contribution in [1.82, 2.24) is 4.90 Å². The van der Waals surface area contributed by atoms with Crippen molar-refractivity contribution in [1.29, 1.82) is 0 Å². The van der Waals surface area contributed by atoms with Crippen molar-refractivity contribution >= 4 is 29.4 Å². The number of amides is 1. The molecular weight excluding hydrogens is 228 g/mol. The van der Waals surface area contributed by atoms with Crippen molar-refractivity contribution in [3.63, 3.8) is 0 Å². The average Bonchev–Trinajstić information content (AvgIpc) is 2.78. The Balaban J connectivity index is 1.85. The summed E-state index contributed by atoms with van der Waals surface area (Å²) in [6.45, 7) is 2.52. The second kappa shape index (κ2) is 5.46. The molecule has 0 aromatic rings. The maximum Gasteiger partial charge on any atom is 0.236 e. The van der Waals surface area contributed by atoms with Gasteiger partial charge in [0.15, 0.2) is 0 Å². The molecule has 86 valence electrons. The molecule has 2 aliphatic rings. The van der Waals surface area contributed by atoms with Crippen LogP contribution in [0.3, 0.4) is 0 Å². The van der Waals surface area contributed by atoms with Crippen LogP contribution in [0.1, 0.15) is 6.42 Å². The molecule has 3 nitrogen and oxygen atoms in total. The van der Waals surface area contributed by atoms with E-state index in [0.29, 0.717) is 11.8 Å². The predicted octanol–water partition coefficient (Wildman–Crippen LogP) is 0.642. The first-order chi connectivity index (χ1) is 7.31. The second-order valence-electron chi connectivity index (χ2n) is 4.11. The largest absolute Gasteiger partial charge is 0.341 e. The van der Waals surface area contributed by atoms with Gasteiger partial charge in [0.05, 0.1) is 5.25 Å². The zero-order valence-corrected chi connectivity index (χ0v) is 10.5. The number of thioether (sulfide) groups is 2.